The number of anilines is 1. The third kappa shape index (κ3) is 3.91. The zero-order valence-electron chi connectivity index (χ0n) is 13.6. The fourth-order valence-electron chi connectivity index (χ4n) is 2.86. The van der Waals surface area contributed by atoms with Crippen molar-refractivity contribution >= 4 is 23.1 Å². The Morgan fingerprint density at radius 2 is 2.22 bits per heavy atom. The van der Waals surface area contributed by atoms with Gasteiger partial charge in [-0.1, -0.05) is 12.8 Å². The Labute approximate surface area is 135 Å². The van der Waals surface area contributed by atoms with Crippen molar-refractivity contribution < 1.29 is 9.53 Å². The van der Waals surface area contributed by atoms with E-state index in [0.29, 0.717) is 28.6 Å². The SMILES string of the molecule is CC(C)NC(=O)Oc1c[nH]c2ncc(NCC3CCCC3)nc12. The summed E-state index contributed by atoms with van der Waals surface area (Å²) >= 11 is 0. The van der Waals surface area contributed by atoms with Crippen LogP contribution in [0.15, 0.2) is 12.4 Å². The van der Waals surface area contributed by atoms with Crippen molar-refractivity contribution in [3.8, 4) is 5.75 Å². The first-order chi connectivity index (χ1) is 11.1. The molecular weight excluding hydrogens is 294 g/mol. The van der Waals surface area contributed by atoms with Gasteiger partial charge in [-0.2, -0.15) is 0 Å². The van der Waals surface area contributed by atoms with Crippen LogP contribution in [0, 0.1) is 5.92 Å². The molecule has 23 heavy (non-hydrogen) atoms. The van der Waals surface area contributed by atoms with Gasteiger partial charge in [0, 0.05) is 18.8 Å². The molecule has 3 N–H and O–H groups in total. The minimum Gasteiger partial charge on any atom is -0.406 e. The number of ether oxygens (including phenoxy) is 1. The quantitative estimate of drug-likeness (QED) is 0.788. The smallest absolute Gasteiger partial charge is 0.406 e. The van der Waals surface area contributed by atoms with Gasteiger partial charge in [-0.15, -0.1) is 0 Å². The normalized spacial score (nSPS) is 15.3. The number of H-pyrrole nitrogens is 1. The maximum Gasteiger partial charge on any atom is 0.412 e. The molecule has 0 radical (unpaired) electrons. The molecule has 3 rings (SSSR count). The van der Waals surface area contributed by atoms with Crippen molar-refractivity contribution in [1.29, 1.82) is 0 Å². The second-order valence-electron chi connectivity index (χ2n) is 6.33. The van der Waals surface area contributed by atoms with Crippen molar-refractivity contribution in [2.75, 3.05) is 11.9 Å². The van der Waals surface area contributed by atoms with Crippen LogP contribution < -0.4 is 15.4 Å². The predicted molar refractivity (Wildman–Crippen MR) is 88.6 cm³/mol. The van der Waals surface area contributed by atoms with Crippen LogP contribution in [0.5, 0.6) is 5.75 Å². The van der Waals surface area contributed by atoms with Crippen molar-refractivity contribution in [3.05, 3.63) is 12.4 Å². The zero-order valence-corrected chi connectivity index (χ0v) is 13.6. The highest BCUT2D eigenvalue weighted by Gasteiger charge is 2.16. The molecule has 7 heteroatoms. The number of amides is 1. The molecule has 2 aromatic heterocycles. The van der Waals surface area contributed by atoms with Gasteiger partial charge in [0.1, 0.15) is 5.82 Å². The molecule has 1 saturated carbocycles. The summed E-state index contributed by atoms with van der Waals surface area (Å²) in [6.45, 7) is 4.66. The van der Waals surface area contributed by atoms with Crippen LogP contribution in [0.3, 0.4) is 0 Å². The van der Waals surface area contributed by atoms with Crippen LogP contribution in [0.25, 0.3) is 11.2 Å². The Hall–Kier alpha value is -2.31. The maximum atomic E-state index is 11.7. The Balaban J connectivity index is 1.70. The summed E-state index contributed by atoms with van der Waals surface area (Å²) < 4.78 is 5.30. The third-order valence-corrected chi connectivity index (χ3v) is 4.00. The number of hydrogen-bond donors (Lipinski definition) is 3. The first-order valence-corrected chi connectivity index (χ1v) is 8.18. The number of aromatic amines is 1. The number of hydrogen-bond acceptors (Lipinski definition) is 5. The van der Waals surface area contributed by atoms with Crippen LogP contribution in [0.2, 0.25) is 0 Å². The predicted octanol–water partition coefficient (Wildman–Crippen LogP) is 3.06. The van der Waals surface area contributed by atoms with Crippen LogP contribution >= 0.6 is 0 Å². The van der Waals surface area contributed by atoms with Crippen LogP contribution in [0.1, 0.15) is 39.5 Å². The van der Waals surface area contributed by atoms with E-state index in [0.717, 1.165) is 6.54 Å². The largest absolute Gasteiger partial charge is 0.412 e. The van der Waals surface area contributed by atoms with Crippen LogP contribution in [-0.2, 0) is 0 Å². The van der Waals surface area contributed by atoms with Gasteiger partial charge in [0.2, 0.25) is 0 Å². The number of carbonyl (C=O) groups is 1. The summed E-state index contributed by atoms with van der Waals surface area (Å²) in [5.74, 6) is 1.81. The number of aromatic nitrogens is 3. The number of rotatable bonds is 5. The van der Waals surface area contributed by atoms with Crippen LogP contribution in [0.4, 0.5) is 10.6 Å². The minimum atomic E-state index is -0.494. The molecule has 1 aliphatic rings. The van der Waals surface area contributed by atoms with Gasteiger partial charge < -0.3 is 20.4 Å². The highest BCUT2D eigenvalue weighted by molar-refractivity contribution is 5.83. The van der Waals surface area contributed by atoms with Crippen molar-refractivity contribution in [2.24, 2.45) is 5.92 Å². The molecule has 1 aliphatic carbocycles. The van der Waals surface area contributed by atoms with E-state index in [1.54, 1.807) is 12.4 Å². The fraction of sp³-hybridized carbons (Fsp3) is 0.562. The highest BCUT2D eigenvalue weighted by Crippen LogP contribution is 2.26. The number of nitrogens with one attached hydrogen (secondary N) is 3. The Bertz CT molecular complexity index is 676. The van der Waals surface area contributed by atoms with Gasteiger partial charge >= 0.3 is 6.09 Å². The lowest BCUT2D eigenvalue weighted by molar-refractivity contribution is 0.198. The molecule has 0 aromatic carbocycles. The van der Waals surface area contributed by atoms with E-state index >= 15 is 0 Å². The van der Waals surface area contributed by atoms with Gasteiger partial charge in [0.25, 0.3) is 0 Å². The first kappa shape index (κ1) is 15.6. The van der Waals surface area contributed by atoms with E-state index in [1.807, 2.05) is 13.8 Å². The van der Waals surface area contributed by atoms with E-state index < -0.39 is 6.09 Å². The summed E-state index contributed by atoms with van der Waals surface area (Å²) in [5.41, 5.74) is 1.16. The Morgan fingerprint density at radius 1 is 1.43 bits per heavy atom. The molecule has 0 saturated heterocycles. The second-order valence-corrected chi connectivity index (χ2v) is 6.33. The summed E-state index contributed by atoms with van der Waals surface area (Å²) in [6.07, 6.45) is 7.99. The monoisotopic (exact) mass is 317 g/mol. The van der Waals surface area contributed by atoms with E-state index in [4.69, 9.17) is 4.74 Å². The number of carbonyl (C=O) groups excluding carboxylic acids is 1. The fourth-order valence-corrected chi connectivity index (χ4v) is 2.86. The molecule has 0 aliphatic heterocycles. The van der Waals surface area contributed by atoms with E-state index in [-0.39, 0.29) is 6.04 Å². The summed E-state index contributed by atoms with van der Waals surface area (Å²) in [7, 11) is 0. The first-order valence-electron chi connectivity index (χ1n) is 8.18. The van der Waals surface area contributed by atoms with Gasteiger partial charge in [0.15, 0.2) is 16.9 Å². The average Bonchev–Trinajstić information content (AvgIpc) is 3.14. The molecule has 7 nitrogen and oxygen atoms in total. The van der Waals surface area contributed by atoms with Gasteiger partial charge in [0.05, 0.1) is 6.20 Å². The molecule has 1 amide bonds. The summed E-state index contributed by atoms with van der Waals surface area (Å²) in [4.78, 5) is 23.5. The van der Waals surface area contributed by atoms with Gasteiger partial charge in [-0.05, 0) is 32.6 Å². The lowest BCUT2D eigenvalue weighted by Crippen LogP contribution is -2.32. The van der Waals surface area contributed by atoms with Gasteiger partial charge in [-0.25, -0.2) is 14.8 Å². The molecular formula is C16H23N5O2. The Kier molecular flexibility index (Phi) is 4.64. The Morgan fingerprint density at radius 3 is 2.96 bits per heavy atom. The van der Waals surface area contributed by atoms with Crippen molar-refractivity contribution in [3.63, 3.8) is 0 Å². The van der Waals surface area contributed by atoms with Crippen LogP contribution in [-0.4, -0.2) is 33.6 Å². The minimum absolute atomic E-state index is 0.0161. The van der Waals surface area contributed by atoms with E-state index in [9.17, 15) is 4.79 Å². The number of nitrogens with zero attached hydrogens (tertiary/aromatic N) is 2. The van der Waals surface area contributed by atoms with E-state index in [2.05, 4.69) is 25.6 Å². The molecule has 0 unspecified atom stereocenters. The average molecular weight is 317 g/mol. The molecule has 0 bridgehead atoms. The number of fused-ring (bicyclic) bond motifs is 1. The lowest BCUT2D eigenvalue weighted by atomic mass is 10.1. The van der Waals surface area contributed by atoms with E-state index in [1.165, 1.54) is 25.7 Å². The molecule has 124 valence electrons. The standard InChI is InChI=1S/C16H23N5O2/c1-10(2)20-16(22)23-12-8-18-15-14(12)21-13(9-19-15)17-7-11-5-3-4-6-11/h8-11H,3-7H2,1-2H3,(H,17,21)(H,18,19)(H,20,22). The molecule has 2 heterocycles. The van der Waals surface area contributed by atoms with Crippen molar-refractivity contribution in [2.45, 2.75) is 45.6 Å². The van der Waals surface area contributed by atoms with Crippen molar-refractivity contribution in [1.82, 2.24) is 20.3 Å². The second kappa shape index (κ2) is 6.85. The van der Waals surface area contributed by atoms with Gasteiger partial charge in [-0.3, -0.25) is 0 Å². The molecule has 2 aromatic rings. The topological polar surface area (TPSA) is 91.9 Å². The zero-order chi connectivity index (χ0) is 16.2. The molecule has 1 fully saturated rings. The lowest BCUT2D eigenvalue weighted by Gasteiger charge is -2.11. The molecule has 0 atom stereocenters. The summed E-state index contributed by atoms with van der Waals surface area (Å²) in [6, 6.07) is 0.0161. The summed E-state index contributed by atoms with van der Waals surface area (Å²) in [5, 5.41) is 6.02. The highest BCUT2D eigenvalue weighted by atomic mass is 16.6. The maximum absolute atomic E-state index is 11.7. The molecule has 0 spiro atoms. The third-order valence-electron chi connectivity index (χ3n) is 4.00.